The van der Waals surface area contributed by atoms with Crippen molar-refractivity contribution in [3.8, 4) is 6.01 Å². The van der Waals surface area contributed by atoms with Crippen molar-refractivity contribution in [2.45, 2.75) is 71.7 Å². The Morgan fingerprint density at radius 2 is 1.47 bits per heavy atom. The average molecular weight is 542 g/mol. The molecule has 1 aliphatic heterocycles. The molecule has 210 valence electrons. The molecule has 15 nitrogen and oxygen atoms in total. The summed E-state index contributed by atoms with van der Waals surface area (Å²) in [6.07, 6.45) is -7.03. The molecule has 0 bridgehead atoms. The maximum Gasteiger partial charge on any atom is 0.303 e. The Kier molecular flexibility index (Phi) is 10.3. The summed E-state index contributed by atoms with van der Waals surface area (Å²) in [6, 6.07) is -0.157. The largest absolute Gasteiger partial charge is 0.468 e. The van der Waals surface area contributed by atoms with Crippen LogP contribution in [0.3, 0.4) is 0 Å². The lowest BCUT2D eigenvalue weighted by Crippen LogP contribution is -2.64. The molecule has 0 saturated carbocycles. The van der Waals surface area contributed by atoms with Gasteiger partial charge in [0.1, 0.15) is 24.1 Å². The number of rotatable bonds is 10. The van der Waals surface area contributed by atoms with E-state index in [1.54, 1.807) is 6.92 Å². The summed E-state index contributed by atoms with van der Waals surface area (Å²) in [7, 11) is 2.62. The normalized spacial score (nSPS) is 22.6. The molecule has 0 aliphatic carbocycles. The van der Waals surface area contributed by atoms with Crippen molar-refractivity contribution in [2.75, 3.05) is 19.0 Å². The lowest BCUT2D eigenvalue weighted by atomic mass is 9.97. The highest BCUT2D eigenvalue weighted by molar-refractivity contribution is 6.00. The Bertz CT molecular complexity index is 1150. The second-order valence-corrected chi connectivity index (χ2v) is 8.23. The highest BCUT2D eigenvalue weighted by atomic mass is 16.7. The van der Waals surface area contributed by atoms with Gasteiger partial charge in [-0.15, -0.1) is 0 Å². The van der Waals surface area contributed by atoms with Crippen LogP contribution in [0.4, 0.5) is 5.82 Å². The molecule has 38 heavy (non-hydrogen) atoms. The minimum absolute atomic E-state index is 0.0451. The van der Waals surface area contributed by atoms with E-state index >= 15 is 0 Å². The zero-order chi connectivity index (χ0) is 28.7. The SMILES string of the molecule is CCC(=O)c1c(N[C@@H]2O[C@H](COC(C)=O)[C@@H](OC(C)=O)[C@H](OC(C)=O)[C@H]2OC(C)=O)nc(OC)n(C)c1=O. The van der Waals surface area contributed by atoms with E-state index in [2.05, 4.69) is 10.3 Å². The molecule has 0 radical (unpaired) electrons. The summed E-state index contributed by atoms with van der Waals surface area (Å²) < 4.78 is 33.2. The Balaban J connectivity index is 2.69. The molecule has 0 unspecified atom stereocenters. The van der Waals surface area contributed by atoms with E-state index in [0.29, 0.717) is 0 Å². The van der Waals surface area contributed by atoms with Gasteiger partial charge in [-0.1, -0.05) is 6.92 Å². The summed E-state index contributed by atoms with van der Waals surface area (Å²) >= 11 is 0. The van der Waals surface area contributed by atoms with E-state index in [4.69, 9.17) is 28.4 Å². The van der Waals surface area contributed by atoms with Gasteiger partial charge in [-0.2, -0.15) is 4.98 Å². The van der Waals surface area contributed by atoms with Crippen molar-refractivity contribution in [3.63, 3.8) is 0 Å². The third kappa shape index (κ3) is 7.27. The van der Waals surface area contributed by atoms with E-state index < -0.39 is 72.5 Å². The second-order valence-electron chi connectivity index (χ2n) is 8.23. The van der Waals surface area contributed by atoms with Crippen LogP contribution in [-0.4, -0.2) is 83.6 Å². The zero-order valence-corrected chi connectivity index (χ0v) is 22.1. The fraction of sp³-hybridized carbons (Fsp3) is 0.609. The highest BCUT2D eigenvalue weighted by Crippen LogP contribution is 2.30. The lowest BCUT2D eigenvalue weighted by molar-refractivity contribution is -0.247. The van der Waals surface area contributed by atoms with Crippen molar-refractivity contribution in [3.05, 3.63) is 15.9 Å². The lowest BCUT2D eigenvalue weighted by Gasteiger charge is -2.44. The Hall–Kier alpha value is -4.01. The summed E-state index contributed by atoms with van der Waals surface area (Å²) in [5.41, 5.74) is -1.06. The molecule has 1 saturated heterocycles. The summed E-state index contributed by atoms with van der Waals surface area (Å²) in [5, 5.41) is 2.76. The number of methoxy groups -OCH3 is 1. The van der Waals surface area contributed by atoms with Crippen LogP contribution in [-0.2, 0) is 49.9 Å². The number of aromatic nitrogens is 2. The topological polar surface area (TPSA) is 188 Å². The Morgan fingerprint density at radius 1 is 0.921 bits per heavy atom. The van der Waals surface area contributed by atoms with E-state index in [1.165, 1.54) is 14.2 Å². The first-order chi connectivity index (χ1) is 17.8. The number of hydrogen-bond donors (Lipinski definition) is 1. The van der Waals surface area contributed by atoms with Gasteiger partial charge in [-0.3, -0.25) is 33.3 Å². The van der Waals surface area contributed by atoms with Gasteiger partial charge in [-0.05, 0) is 0 Å². The fourth-order valence-corrected chi connectivity index (χ4v) is 3.78. The number of nitrogens with zero attached hydrogens (tertiary/aromatic N) is 2. The van der Waals surface area contributed by atoms with Gasteiger partial charge >= 0.3 is 29.9 Å². The van der Waals surface area contributed by atoms with Crippen LogP contribution in [0.5, 0.6) is 6.01 Å². The summed E-state index contributed by atoms with van der Waals surface area (Å²) in [5.74, 6) is -3.93. The van der Waals surface area contributed by atoms with Gasteiger partial charge in [-0.25, -0.2) is 0 Å². The first-order valence-corrected chi connectivity index (χ1v) is 11.6. The number of Topliss-reactive ketones (excluding diaryl/α,β-unsaturated/α-hetero) is 1. The fourth-order valence-electron chi connectivity index (χ4n) is 3.78. The molecule has 2 heterocycles. The minimum Gasteiger partial charge on any atom is -0.468 e. The van der Waals surface area contributed by atoms with Crippen LogP contribution >= 0.6 is 0 Å². The molecule has 1 N–H and O–H groups in total. The van der Waals surface area contributed by atoms with Crippen LogP contribution in [0.25, 0.3) is 0 Å². The number of carbonyl (C=O) groups is 5. The van der Waals surface area contributed by atoms with Crippen LogP contribution in [0, 0.1) is 0 Å². The highest BCUT2D eigenvalue weighted by Gasteiger charge is 2.52. The number of hydrogen-bond acceptors (Lipinski definition) is 14. The van der Waals surface area contributed by atoms with Gasteiger partial charge in [0.25, 0.3) is 5.56 Å². The molecule has 15 heteroatoms. The van der Waals surface area contributed by atoms with Crippen LogP contribution in [0.1, 0.15) is 51.4 Å². The standard InChI is InChI=1S/C23H31N3O12/c1-8-14(31)16-20(25-23(33-7)26(6)22(16)32)24-21-19(37-13(5)30)18(36-12(4)29)17(35-11(3)28)15(38-21)9-34-10(2)27/h15,17-19,21,24H,8-9H2,1-7H3/t15-,17-,18+,19-,21-/m1/s1. The van der Waals surface area contributed by atoms with E-state index in [0.717, 1.165) is 32.3 Å². The smallest absolute Gasteiger partial charge is 0.303 e. The van der Waals surface area contributed by atoms with E-state index in [9.17, 15) is 28.8 Å². The second kappa shape index (κ2) is 13.0. The van der Waals surface area contributed by atoms with Crippen molar-refractivity contribution < 1.29 is 52.4 Å². The third-order valence-corrected chi connectivity index (χ3v) is 5.30. The van der Waals surface area contributed by atoms with Gasteiger partial charge in [0.15, 0.2) is 30.3 Å². The maximum atomic E-state index is 13.0. The van der Waals surface area contributed by atoms with Crippen LogP contribution in [0.15, 0.2) is 4.79 Å². The van der Waals surface area contributed by atoms with Crippen molar-refractivity contribution in [1.29, 1.82) is 0 Å². The molecule has 2 rings (SSSR count). The van der Waals surface area contributed by atoms with E-state index in [-0.39, 0.29) is 23.8 Å². The minimum atomic E-state index is -1.48. The zero-order valence-electron chi connectivity index (χ0n) is 22.1. The number of ketones is 1. The molecular weight excluding hydrogens is 510 g/mol. The number of nitrogens with one attached hydrogen (secondary N) is 1. The van der Waals surface area contributed by atoms with Gasteiger partial charge in [0, 0.05) is 41.2 Å². The molecule has 0 aromatic carbocycles. The molecule has 1 aromatic heterocycles. The maximum absolute atomic E-state index is 13.0. The van der Waals surface area contributed by atoms with Crippen LogP contribution < -0.4 is 15.6 Å². The quantitative estimate of drug-likeness (QED) is 0.234. The molecular formula is C23H31N3O12. The number of ether oxygens (including phenoxy) is 6. The summed E-state index contributed by atoms with van der Waals surface area (Å²) in [6.45, 7) is 5.49. The number of anilines is 1. The van der Waals surface area contributed by atoms with Gasteiger partial charge in [0.2, 0.25) is 0 Å². The predicted molar refractivity (Wildman–Crippen MR) is 126 cm³/mol. The van der Waals surface area contributed by atoms with Crippen LogP contribution in [0.2, 0.25) is 0 Å². The predicted octanol–water partition coefficient (Wildman–Crippen LogP) is -0.123. The Labute approximate surface area is 217 Å². The first-order valence-electron chi connectivity index (χ1n) is 11.6. The van der Waals surface area contributed by atoms with E-state index in [1.807, 2.05) is 0 Å². The number of esters is 4. The Morgan fingerprint density at radius 3 is 1.97 bits per heavy atom. The summed E-state index contributed by atoms with van der Waals surface area (Å²) in [4.78, 5) is 77.2. The number of carbonyl (C=O) groups excluding carboxylic acids is 5. The molecule has 0 amide bonds. The van der Waals surface area contributed by atoms with Crippen molar-refractivity contribution in [1.82, 2.24) is 9.55 Å². The first kappa shape index (κ1) is 30.2. The molecule has 5 atom stereocenters. The van der Waals surface area contributed by atoms with Gasteiger partial charge in [0.05, 0.1) is 7.11 Å². The molecule has 1 fully saturated rings. The average Bonchev–Trinajstić information content (AvgIpc) is 2.82. The van der Waals surface area contributed by atoms with Crippen molar-refractivity contribution >= 4 is 35.5 Å². The molecule has 1 aliphatic rings. The third-order valence-electron chi connectivity index (χ3n) is 5.30. The monoisotopic (exact) mass is 541 g/mol. The molecule has 1 aromatic rings. The van der Waals surface area contributed by atoms with Crippen molar-refractivity contribution in [2.24, 2.45) is 7.05 Å². The van der Waals surface area contributed by atoms with Gasteiger partial charge < -0.3 is 33.7 Å². The molecule has 0 spiro atoms.